The van der Waals surface area contributed by atoms with Crippen molar-refractivity contribution in [3.8, 4) is 0 Å². The molecule has 0 aliphatic rings. The van der Waals surface area contributed by atoms with Crippen molar-refractivity contribution in [2.45, 2.75) is 19.9 Å². The summed E-state index contributed by atoms with van der Waals surface area (Å²) in [5.41, 5.74) is 6.56. The minimum absolute atomic E-state index is 0.169. The van der Waals surface area contributed by atoms with E-state index in [0.717, 1.165) is 0 Å². The quantitative estimate of drug-likeness (QED) is 0.710. The monoisotopic (exact) mass is 222 g/mol. The molecule has 0 aliphatic heterocycles. The van der Waals surface area contributed by atoms with Gasteiger partial charge in [-0.1, -0.05) is 6.07 Å². The number of carboxylic acid groups (broad SMARTS) is 1. The zero-order valence-electron chi connectivity index (χ0n) is 9.15. The molecule has 0 radical (unpaired) electrons. The zero-order chi connectivity index (χ0) is 12.3. The number of hydrogen-bond donors (Lipinski definition) is 3. The van der Waals surface area contributed by atoms with Crippen LogP contribution < -0.4 is 11.1 Å². The highest BCUT2D eigenvalue weighted by Gasteiger charge is 2.13. The summed E-state index contributed by atoms with van der Waals surface area (Å²) in [7, 11) is 0. The highest BCUT2D eigenvalue weighted by molar-refractivity contribution is 5.97. The van der Waals surface area contributed by atoms with Crippen molar-refractivity contribution in [1.82, 2.24) is 0 Å². The fraction of sp³-hybridized carbons (Fsp3) is 0.273. The van der Waals surface area contributed by atoms with E-state index in [1.54, 1.807) is 26.0 Å². The minimum atomic E-state index is -1.02. The predicted molar refractivity (Wildman–Crippen MR) is 60.4 cm³/mol. The van der Waals surface area contributed by atoms with Crippen LogP contribution in [0.3, 0.4) is 0 Å². The molecule has 0 saturated carbocycles. The third kappa shape index (κ3) is 2.58. The van der Waals surface area contributed by atoms with E-state index in [2.05, 4.69) is 5.32 Å². The normalized spacial score (nSPS) is 11.9. The van der Waals surface area contributed by atoms with Crippen molar-refractivity contribution in [2.75, 3.05) is 5.32 Å². The van der Waals surface area contributed by atoms with Gasteiger partial charge in [0.2, 0.25) is 5.91 Å². The molecule has 0 aromatic heterocycles. The van der Waals surface area contributed by atoms with Gasteiger partial charge in [0, 0.05) is 5.69 Å². The fourth-order valence-corrected chi connectivity index (χ4v) is 1.25. The van der Waals surface area contributed by atoms with Gasteiger partial charge in [0.05, 0.1) is 11.6 Å². The number of carboxylic acids is 1. The smallest absolute Gasteiger partial charge is 0.336 e. The van der Waals surface area contributed by atoms with Crippen LogP contribution in [0.25, 0.3) is 0 Å². The van der Waals surface area contributed by atoms with Gasteiger partial charge in [0.25, 0.3) is 0 Å². The lowest BCUT2D eigenvalue weighted by Gasteiger charge is -2.11. The highest BCUT2D eigenvalue weighted by atomic mass is 16.4. The third-order valence-electron chi connectivity index (χ3n) is 2.24. The van der Waals surface area contributed by atoms with Crippen LogP contribution in [0.1, 0.15) is 22.8 Å². The second kappa shape index (κ2) is 4.76. The molecule has 0 spiro atoms. The van der Waals surface area contributed by atoms with E-state index >= 15 is 0 Å². The maximum Gasteiger partial charge on any atom is 0.336 e. The molecule has 0 bridgehead atoms. The third-order valence-corrected chi connectivity index (χ3v) is 2.24. The van der Waals surface area contributed by atoms with Gasteiger partial charge in [0.15, 0.2) is 0 Å². The molecule has 5 nitrogen and oxygen atoms in total. The number of nitrogens with one attached hydrogen (secondary N) is 1. The number of anilines is 1. The second-order valence-corrected chi connectivity index (χ2v) is 3.56. The summed E-state index contributed by atoms with van der Waals surface area (Å²) in [6.45, 7) is 3.20. The topological polar surface area (TPSA) is 92.4 Å². The molecular weight excluding hydrogens is 208 g/mol. The van der Waals surface area contributed by atoms with Gasteiger partial charge >= 0.3 is 5.97 Å². The van der Waals surface area contributed by atoms with E-state index in [4.69, 9.17) is 10.8 Å². The number of carbonyl (C=O) groups is 2. The maximum absolute atomic E-state index is 11.4. The van der Waals surface area contributed by atoms with E-state index in [1.807, 2.05) is 0 Å². The average molecular weight is 222 g/mol. The van der Waals surface area contributed by atoms with Crippen LogP contribution >= 0.6 is 0 Å². The Morgan fingerprint density at radius 3 is 2.56 bits per heavy atom. The summed E-state index contributed by atoms with van der Waals surface area (Å²) in [4.78, 5) is 22.2. The highest BCUT2D eigenvalue weighted by Crippen LogP contribution is 2.18. The van der Waals surface area contributed by atoms with Crippen LogP contribution in [-0.2, 0) is 4.79 Å². The van der Waals surface area contributed by atoms with Gasteiger partial charge in [-0.25, -0.2) is 4.79 Å². The largest absolute Gasteiger partial charge is 0.478 e. The Kier molecular flexibility index (Phi) is 3.63. The minimum Gasteiger partial charge on any atom is -0.478 e. The van der Waals surface area contributed by atoms with Crippen LogP contribution in [0.5, 0.6) is 0 Å². The molecule has 0 saturated heterocycles. The standard InChI is InChI=1S/C11H14N2O3/c1-6-8(11(15)16)4-3-5-9(6)13-10(14)7(2)12/h3-5,7H,12H2,1-2H3,(H,13,14)(H,15,16)/t7-/m0/s1. The molecule has 1 rings (SSSR count). The van der Waals surface area contributed by atoms with E-state index in [9.17, 15) is 9.59 Å². The van der Waals surface area contributed by atoms with Crippen molar-refractivity contribution in [1.29, 1.82) is 0 Å². The summed E-state index contributed by atoms with van der Waals surface area (Å²) in [6.07, 6.45) is 0. The molecule has 1 aromatic carbocycles. The van der Waals surface area contributed by atoms with Gasteiger partial charge in [-0.2, -0.15) is 0 Å². The first-order valence-corrected chi connectivity index (χ1v) is 4.83. The summed E-state index contributed by atoms with van der Waals surface area (Å²) in [6, 6.07) is 4.07. The molecule has 16 heavy (non-hydrogen) atoms. The summed E-state index contributed by atoms with van der Waals surface area (Å²) < 4.78 is 0. The van der Waals surface area contributed by atoms with Gasteiger partial charge in [-0.05, 0) is 31.5 Å². The Hall–Kier alpha value is -1.88. The van der Waals surface area contributed by atoms with Crippen molar-refractivity contribution in [2.24, 2.45) is 5.73 Å². The zero-order valence-corrected chi connectivity index (χ0v) is 9.15. The number of hydrogen-bond acceptors (Lipinski definition) is 3. The molecule has 0 fully saturated rings. The lowest BCUT2D eigenvalue weighted by molar-refractivity contribution is -0.117. The Balaban J connectivity index is 3.02. The van der Waals surface area contributed by atoms with Gasteiger partial charge in [-0.3, -0.25) is 4.79 Å². The first-order chi connectivity index (χ1) is 7.43. The van der Waals surface area contributed by atoms with Crippen molar-refractivity contribution in [3.05, 3.63) is 29.3 Å². The van der Waals surface area contributed by atoms with Crippen LogP contribution in [0.4, 0.5) is 5.69 Å². The summed E-state index contributed by atoms with van der Waals surface area (Å²) in [5, 5.41) is 11.5. The maximum atomic E-state index is 11.4. The molecule has 1 amide bonds. The van der Waals surface area contributed by atoms with Gasteiger partial charge in [0.1, 0.15) is 0 Å². The SMILES string of the molecule is Cc1c(NC(=O)[C@H](C)N)cccc1C(=O)O. The second-order valence-electron chi connectivity index (χ2n) is 3.56. The number of amides is 1. The van der Waals surface area contributed by atoms with E-state index in [1.165, 1.54) is 6.07 Å². The number of nitrogens with two attached hydrogens (primary N) is 1. The first kappa shape index (κ1) is 12.2. The molecular formula is C11H14N2O3. The first-order valence-electron chi connectivity index (χ1n) is 4.83. The molecule has 1 aromatic rings. The van der Waals surface area contributed by atoms with Crippen LogP contribution in [-0.4, -0.2) is 23.0 Å². The Labute approximate surface area is 93.3 Å². The molecule has 4 N–H and O–H groups in total. The summed E-state index contributed by atoms with van der Waals surface area (Å²) in [5.74, 6) is -1.36. The molecule has 0 heterocycles. The van der Waals surface area contributed by atoms with E-state index in [-0.39, 0.29) is 11.5 Å². The molecule has 0 unspecified atom stereocenters. The number of carbonyl (C=O) groups excluding carboxylic acids is 1. The molecule has 5 heteroatoms. The van der Waals surface area contributed by atoms with Crippen molar-refractivity contribution in [3.63, 3.8) is 0 Å². The number of rotatable bonds is 3. The lowest BCUT2D eigenvalue weighted by Crippen LogP contribution is -2.32. The van der Waals surface area contributed by atoms with E-state index < -0.39 is 12.0 Å². The Bertz CT molecular complexity index is 427. The molecule has 1 atom stereocenters. The average Bonchev–Trinajstić information content (AvgIpc) is 2.20. The Morgan fingerprint density at radius 2 is 2.06 bits per heavy atom. The number of aromatic carboxylic acids is 1. The van der Waals surface area contributed by atoms with Crippen molar-refractivity contribution >= 4 is 17.6 Å². The van der Waals surface area contributed by atoms with Gasteiger partial charge < -0.3 is 16.2 Å². The van der Waals surface area contributed by atoms with Crippen LogP contribution in [0, 0.1) is 6.92 Å². The number of benzene rings is 1. The van der Waals surface area contributed by atoms with Crippen LogP contribution in [0.2, 0.25) is 0 Å². The predicted octanol–water partition coefficient (Wildman–Crippen LogP) is 0.979. The van der Waals surface area contributed by atoms with Crippen molar-refractivity contribution < 1.29 is 14.7 Å². The molecule has 86 valence electrons. The summed E-state index contributed by atoms with van der Waals surface area (Å²) >= 11 is 0. The van der Waals surface area contributed by atoms with Crippen LogP contribution in [0.15, 0.2) is 18.2 Å². The molecule has 0 aliphatic carbocycles. The lowest BCUT2D eigenvalue weighted by atomic mass is 10.1. The Morgan fingerprint density at radius 1 is 1.44 bits per heavy atom. The van der Waals surface area contributed by atoms with E-state index in [0.29, 0.717) is 11.3 Å². The van der Waals surface area contributed by atoms with Gasteiger partial charge in [-0.15, -0.1) is 0 Å². The fourth-order valence-electron chi connectivity index (χ4n) is 1.25.